The number of nitrogens with zero attached hydrogens (tertiary/aromatic N) is 3. The third-order valence-corrected chi connectivity index (χ3v) is 4.26. The van der Waals surface area contributed by atoms with Gasteiger partial charge < -0.3 is 19.9 Å². The first-order valence-electron chi connectivity index (χ1n) is 8.49. The monoisotopic (exact) mass is 449 g/mol. The lowest BCUT2D eigenvalue weighted by Gasteiger charge is -2.22. The molecule has 8 heteroatoms. The summed E-state index contributed by atoms with van der Waals surface area (Å²) < 4.78 is 11.2. The van der Waals surface area contributed by atoms with Crippen LogP contribution in [-0.2, 0) is 16.7 Å². The predicted molar refractivity (Wildman–Crippen MR) is 103 cm³/mol. The maximum Gasteiger partial charge on any atom is 0.232 e. The van der Waals surface area contributed by atoms with Crippen molar-refractivity contribution in [2.75, 3.05) is 6.54 Å². The number of guanidine groups is 1. The minimum absolute atomic E-state index is 0. The smallest absolute Gasteiger partial charge is 0.232 e. The second-order valence-electron chi connectivity index (χ2n) is 7.32. The van der Waals surface area contributed by atoms with Crippen LogP contribution in [0.2, 0.25) is 0 Å². The number of halogens is 1. The SMILES string of the molecule is CCNC(=NCc1noc(C(C)(C)C)n1)NC1CC2CCC1O2.I. The quantitative estimate of drug-likeness (QED) is 0.417. The molecule has 3 rings (SSSR count). The van der Waals surface area contributed by atoms with E-state index in [9.17, 15) is 0 Å². The Morgan fingerprint density at radius 2 is 2.12 bits per heavy atom. The van der Waals surface area contributed by atoms with Crippen LogP contribution in [0.1, 0.15) is 58.7 Å². The van der Waals surface area contributed by atoms with Crippen molar-refractivity contribution in [3.8, 4) is 0 Å². The molecule has 2 bridgehead atoms. The molecule has 3 heterocycles. The van der Waals surface area contributed by atoms with Crippen molar-refractivity contribution >= 4 is 29.9 Å². The van der Waals surface area contributed by atoms with Crippen LogP contribution in [-0.4, -0.2) is 40.9 Å². The minimum Gasteiger partial charge on any atom is -0.373 e. The molecular formula is C16H28IN5O2. The lowest BCUT2D eigenvalue weighted by atomic mass is 9.96. The molecule has 0 aliphatic carbocycles. The van der Waals surface area contributed by atoms with Gasteiger partial charge in [0.2, 0.25) is 5.89 Å². The summed E-state index contributed by atoms with van der Waals surface area (Å²) in [6, 6.07) is 0.349. The van der Waals surface area contributed by atoms with Crippen LogP contribution >= 0.6 is 24.0 Å². The summed E-state index contributed by atoms with van der Waals surface area (Å²) in [4.78, 5) is 9.00. The van der Waals surface area contributed by atoms with Gasteiger partial charge in [0.25, 0.3) is 0 Å². The molecular weight excluding hydrogens is 421 g/mol. The Kier molecular flexibility index (Phi) is 6.46. The zero-order valence-electron chi connectivity index (χ0n) is 14.8. The third kappa shape index (κ3) is 4.59. The number of hydrogen-bond acceptors (Lipinski definition) is 5. The van der Waals surface area contributed by atoms with Crippen LogP contribution in [0.3, 0.4) is 0 Å². The lowest BCUT2D eigenvalue weighted by Crippen LogP contribution is -2.47. The fourth-order valence-corrected chi connectivity index (χ4v) is 3.06. The number of aliphatic imine (C=N–C) groups is 1. The highest BCUT2D eigenvalue weighted by atomic mass is 127. The van der Waals surface area contributed by atoms with Crippen LogP contribution in [0.25, 0.3) is 0 Å². The van der Waals surface area contributed by atoms with Gasteiger partial charge in [-0.3, -0.25) is 0 Å². The maximum atomic E-state index is 5.88. The average molecular weight is 449 g/mol. The summed E-state index contributed by atoms with van der Waals surface area (Å²) in [5, 5.41) is 10.8. The summed E-state index contributed by atoms with van der Waals surface area (Å²) in [5.41, 5.74) is -0.141. The van der Waals surface area contributed by atoms with E-state index in [4.69, 9.17) is 9.26 Å². The van der Waals surface area contributed by atoms with E-state index in [1.165, 1.54) is 6.42 Å². The van der Waals surface area contributed by atoms with E-state index in [0.717, 1.165) is 25.3 Å². The Morgan fingerprint density at radius 3 is 2.67 bits per heavy atom. The second kappa shape index (κ2) is 7.99. The first-order chi connectivity index (χ1) is 11.0. The molecule has 3 unspecified atom stereocenters. The minimum atomic E-state index is -0.141. The number of rotatable bonds is 4. The zero-order chi connectivity index (χ0) is 16.4. The molecule has 136 valence electrons. The molecule has 2 aliphatic heterocycles. The van der Waals surface area contributed by atoms with Crippen molar-refractivity contribution < 1.29 is 9.26 Å². The molecule has 3 atom stereocenters. The summed E-state index contributed by atoms with van der Waals surface area (Å²) in [6.45, 7) is 9.42. The van der Waals surface area contributed by atoms with Crippen molar-refractivity contribution in [1.82, 2.24) is 20.8 Å². The van der Waals surface area contributed by atoms with Crippen LogP contribution < -0.4 is 10.6 Å². The molecule has 1 aromatic rings. The van der Waals surface area contributed by atoms with Gasteiger partial charge in [0, 0.05) is 12.0 Å². The van der Waals surface area contributed by atoms with Crippen molar-refractivity contribution in [3.63, 3.8) is 0 Å². The molecule has 0 radical (unpaired) electrons. The molecule has 2 N–H and O–H groups in total. The summed E-state index contributed by atoms with van der Waals surface area (Å²) in [7, 11) is 0. The largest absolute Gasteiger partial charge is 0.373 e. The van der Waals surface area contributed by atoms with Crippen LogP contribution in [0.5, 0.6) is 0 Å². The van der Waals surface area contributed by atoms with Crippen LogP contribution in [0.4, 0.5) is 0 Å². The van der Waals surface area contributed by atoms with Gasteiger partial charge in [-0.25, -0.2) is 4.99 Å². The van der Waals surface area contributed by atoms with E-state index in [1.807, 2.05) is 20.8 Å². The Balaban J connectivity index is 0.00000208. The number of hydrogen-bond donors (Lipinski definition) is 2. The van der Waals surface area contributed by atoms with Gasteiger partial charge in [-0.05, 0) is 26.2 Å². The van der Waals surface area contributed by atoms with Gasteiger partial charge in [-0.2, -0.15) is 4.98 Å². The number of nitrogens with one attached hydrogen (secondary N) is 2. The highest BCUT2D eigenvalue weighted by Crippen LogP contribution is 2.34. The Morgan fingerprint density at radius 1 is 1.33 bits per heavy atom. The maximum absolute atomic E-state index is 5.88. The number of aromatic nitrogens is 2. The lowest BCUT2D eigenvalue weighted by molar-refractivity contribution is 0.0992. The van der Waals surface area contributed by atoms with Crippen molar-refractivity contribution in [3.05, 3.63) is 11.7 Å². The molecule has 2 fully saturated rings. The summed E-state index contributed by atoms with van der Waals surface area (Å²) in [5.74, 6) is 2.04. The number of ether oxygens (including phenoxy) is 1. The van der Waals surface area contributed by atoms with Crippen LogP contribution in [0, 0.1) is 0 Å². The summed E-state index contributed by atoms with van der Waals surface area (Å²) in [6.07, 6.45) is 4.13. The third-order valence-electron chi connectivity index (χ3n) is 4.26. The molecule has 0 spiro atoms. The summed E-state index contributed by atoms with van der Waals surface area (Å²) >= 11 is 0. The van der Waals surface area contributed by atoms with Crippen LogP contribution in [0.15, 0.2) is 9.52 Å². The molecule has 2 aliphatic rings. The van der Waals surface area contributed by atoms with Crippen molar-refractivity contribution in [2.45, 2.75) is 77.2 Å². The van der Waals surface area contributed by atoms with E-state index in [0.29, 0.717) is 36.5 Å². The molecule has 2 saturated heterocycles. The fourth-order valence-electron chi connectivity index (χ4n) is 3.06. The molecule has 0 aromatic carbocycles. The second-order valence-corrected chi connectivity index (χ2v) is 7.32. The average Bonchev–Trinajstić information content (AvgIpc) is 3.20. The molecule has 7 nitrogen and oxygen atoms in total. The van der Waals surface area contributed by atoms with Gasteiger partial charge in [-0.15, -0.1) is 24.0 Å². The zero-order valence-corrected chi connectivity index (χ0v) is 17.2. The van der Waals surface area contributed by atoms with Crippen molar-refractivity contribution in [2.24, 2.45) is 4.99 Å². The van der Waals surface area contributed by atoms with Gasteiger partial charge >= 0.3 is 0 Å². The molecule has 1 aromatic heterocycles. The first-order valence-corrected chi connectivity index (χ1v) is 8.49. The Bertz CT molecular complexity index is 569. The first kappa shape index (κ1) is 19.4. The normalized spacial score (nSPS) is 26.3. The fraction of sp³-hybridized carbons (Fsp3) is 0.812. The topological polar surface area (TPSA) is 84.6 Å². The Hall–Kier alpha value is -0.900. The van der Waals surface area contributed by atoms with E-state index in [-0.39, 0.29) is 29.4 Å². The molecule has 0 saturated carbocycles. The highest BCUT2D eigenvalue weighted by Gasteiger charge is 2.41. The van der Waals surface area contributed by atoms with E-state index in [1.54, 1.807) is 0 Å². The predicted octanol–water partition coefficient (Wildman–Crippen LogP) is 2.36. The molecule has 24 heavy (non-hydrogen) atoms. The van der Waals surface area contributed by atoms with E-state index < -0.39 is 0 Å². The van der Waals surface area contributed by atoms with E-state index >= 15 is 0 Å². The highest BCUT2D eigenvalue weighted by molar-refractivity contribution is 14.0. The van der Waals surface area contributed by atoms with Crippen molar-refractivity contribution in [1.29, 1.82) is 0 Å². The Labute approximate surface area is 160 Å². The van der Waals surface area contributed by atoms with E-state index in [2.05, 4.69) is 32.7 Å². The van der Waals surface area contributed by atoms with Gasteiger partial charge in [-0.1, -0.05) is 25.9 Å². The standard InChI is InChI=1S/C16H27N5O2.HI/c1-5-17-15(19-11-8-10-6-7-12(11)22-10)18-9-13-20-14(23-21-13)16(2,3)4;/h10-12H,5-9H2,1-4H3,(H2,17,18,19);1H. The van der Waals surface area contributed by atoms with Gasteiger partial charge in [0.15, 0.2) is 11.8 Å². The molecule has 0 amide bonds. The number of fused-ring (bicyclic) bond motifs is 2. The van der Waals surface area contributed by atoms with Gasteiger partial charge in [0.1, 0.15) is 6.54 Å². The van der Waals surface area contributed by atoms with Gasteiger partial charge in [0.05, 0.1) is 18.2 Å².